The van der Waals surface area contributed by atoms with Gasteiger partial charge in [0.25, 0.3) is 0 Å². The fourth-order valence-corrected chi connectivity index (χ4v) is 4.10. The third-order valence-corrected chi connectivity index (χ3v) is 5.76. The molecule has 1 aliphatic rings. The smallest absolute Gasteiger partial charge is 0.407 e. The second-order valence-corrected chi connectivity index (χ2v) is 7.97. The Bertz CT molecular complexity index is 1230. The molecule has 0 saturated heterocycles. The topological polar surface area (TPSA) is 114 Å². The van der Waals surface area contributed by atoms with Gasteiger partial charge in [-0.15, -0.1) is 0 Å². The zero-order valence-electron chi connectivity index (χ0n) is 18.8. The van der Waals surface area contributed by atoms with Crippen LogP contribution in [-0.4, -0.2) is 49.4 Å². The number of amides is 2. The Balaban J connectivity index is 1.41. The number of carbonyl (C=O) groups is 3. The standard InChI is InChI=1S/C26H23FN2O6/c1-34-14-23(24(30)28-22-11-10-15(25(31)32)12-21(22)27)29-26(33)35-13-20-18-8-4-2-6-16(18)17-7-3-5-9-19(17)20/h2-12,20,23H,13-14H2,1H3,(H,28,30)(H,29,33)(H,31,32). The number of anilines is 1. The van der Waals surface area contributed by atoms with E-state index in [1.807, 2.05) is 48.5 Å². The van der Waals surface area contributed by atoms with Gasteiger partial charge in [0, 0.05) is 13.0 Å². The summed E-state index contributed by atoms with van der Waals surface area (Å²) in [6.45, 7) is -0.128. The number of nitrogens with one attached hydrogen (secondary N) is 2. The molecule has 4 rings (SSSR count). The van der Waals surface area contributed by atoms with Crippen molar-refractivity contribution in [2.24, 2.45) is 0 Å². The van der Waals surface area contributed by atoms with E-state index < -0.39 is 29.8 Å². The molecule has 2 amide bonds. The summed E-state index contributed by atoms with van der Waals surface area (Å²) in [5, 5.41) is 13.7. The van der Waals surface area contributed by atoms with Crippen molar-refractivity contribution in [2.45, 2.75) is 12.0 Å². The molecule has 0 aromatic heterocycles. The highest BCUT2D eigenvalue weighted by molar-refractivity contribution is 5.97. The number of rotatable bonds is 8. The van der Waals surface area contributed by atoms with Crippen LogP contribution in [0.25, 0.3) is 11.1 Å². The molecule has 9 heteroatoms. The van der Waals surface area contributed by atoms with Crippen molar-refractivity contribution in [1.29, 1.82) is 0 Å². The average molecular weight is 478 g/mol. The number of benzene rings is 3. The number of carboxylic acids is 1. The third kappa shape index (κ3) is 5.15. The highest BCUT2D eigenvalue weighted by Crippen LogP contribution is 2.44. The molecule has 0 spiro atoms. The highest BCUT2D eigenvalue weighted by Gasteiger charge is 2.30. The molecule has 0 aliphatic heterocycles. The molecule has 3 N–H and O–H groups in total. The SMILES string of the molecule is COCC(NC(=O)OCC1c2ccccc2-c2ccccc21)C(=O)Nc1ccc(C(=O)O)cc1F. The van der Waals surface area contributed by atoms with Gasteiger partial charge < -0.3 is 25.2 Å². The monoisotopic (exact) mass is 478 g/mol. The van der Waals surface area contributed by atoms with E-state index in [1.54, 1.807) is 0 Å². The van der Waals surface area contributed by atoms with E-state index in [2.05, 4.69) is 10.6 Å². The van der Waals surface area contributed by atoms with E-state index >= 15 is 0 Å². The van der Waals surface area contributed by atoms with Gasteiger partial charge in [-0.1, -0.05) is 48.5 Å². The zero-order chi connectivity index (χ0) is 24.9. The van der Waals surface area contributed by atoms with Gasteiger partial charge in [0.2, 0.25) is 5.91 Å². The van der Waals surface area contributed by atoms with Gasteiger partial charge in [-0.3, -0.25) is 4.79 Å². The quantitative estimate of drug-likeness (QED) is 0.451. The van der Waals surface area contributed by atoms with E-state index in [9.17, 15) is 18.8 Å². The zero-order valence-corrected chi connectivity index (χ0v) is 18.8. The molecule has 1 aliphatic carbocycles. The van der Waals surface area contributed by atoms with Crippen molar-refractivity contribution in [2.75, 3.05) is 25.6 Å². The van der Waals surface area contributed by atoms with Crippen LogP contribution < -0.4 is 10.6 Å². The minimum atomic E-state index is -1.30. The Hall–Kier alpha value is -4.24. The summed E-state index contributed by atoms with van der Waals surface area (Å²) in [6, 6.07) is 17.7. The van der Waals surface area contributed by atoms with Crippen LogP contribution in [0.5, 0.6) is 0 Å². The number of aromatic carboxylic acids is 1. The summed E-state index contributed by atoms with van der Waals surface area (Å²) in [7, 11) is 1.35. The van der Waals surface area contributed by atoms with E-state index in [1.165, 1.54) is 7.11 Å². The van der Waals surface area contributed by atoms with Crippen molar-refractivity contribution in [3.8, 4) is 11.1 Å². The van der Waals surface area contributed by atoms with Crippen LogP contribution in [0.3, 0.4) is 0 Å². The molecule has 180 valence electrons. The van der Waals surface area contributed by atoms with Gasteiger partial charge in [0.1, 0.15) is 18.5 Å². The van der Waals surface area contributed by atoms with Gasteiger partial charge in [-0.2, -0.15) is 0 Å². The van der Waals surface area contributed by atoms with Crippen LogP contribution in [0.15, 0.2) is 66.7 Å². The van der Waals surface area contributed by atoms with Crippen molar-refractivity contribution >= 4 is 23.7 Å². The molecule has 35 heavy (non-hydrogen) atoms. The van der Waals surface area contributed by atoms with Crippen LogP contribution in [0.2, 0.25) is 0 Å². The normalized spacial score (nSPS) is 12.9. The summed E-state index contributed by atoms with van der Waals surface area (Å²) in [5.41, 5.74) is 3.79. The Kier molecular flexibility index (Phi) is 7.07. The number of halogens is 1. The third-order valence-electron chi connectivity index (χ3n) is 5.76. The second kappa shape index (κ2) is 10.4. The van der Waals surface area contributed by atoms with Crippen LogP contribution in [-0.2, 0) is 14.3 Å². The Morgan fingerprint density at radius 2 is 1.63 bits per heavy atom. The number of carboxylic acid groups (broad SMARTS) is 1. The van der Waals surface area contributed by atoms with Crippen LogP contribution in [0.1, 0.15) is 27.4 Å². The molecule has 8 nitrogen and oxygen atoms in total. The second-order valence-electron chi connectivity index (χ2n) is 7.97. The van der Waals surface area contributed by atoms with E-state index in [0.717, 1.165) is 40.5 Å². The average Bonchev–Trinajstić information content (AvgIpc) is 3.17. The lowest BCUT2D eigenvalue weighted by molar-refractivity contribution is -0.119. The lowest BCUT2D eigenvalue weighted by Gasteiger charge is -2.19. The first-order valence-electron chi connectivity index (χ1n) is 10.8. The van der Waals surface area contributed by atoms with Gasteiger partial charge in [-0.05, 0) is 40.5 Å². The van der Waals surface area contributed by atoms with Gasteiger partial charge in [-0.25, -0.2) is 14.0 Å². The number of ether oxygens (including phenoxy) is 2. The maximum absolute atomic E-state index is 14.2. The number of hydrogen-bond acceptors (Lipinski definition) is 5. The summed E-state index contributed by atoms with van der Waals surface area (Å²) in [6.07, 6.45) is -0.828. The van der Waals surface area contributed by atoms with Crippen molar-refractivity contribution < 1.29 is 33.4 Å². The molecule has 3 aromatic carbocycles. The lowest BCUT2D eigenvalue weighted by Crippen LogP contribution is -2.47. The predicted molar refractivity (Wildman–Crippen MR) is 126 cm³/mol. The fourth-order valence-electron chi connectivity index (χ4n) is 4.10. The highest BCUT2D eigenvalue weighted by atomic mass is 19.1. The minimum absolute atomic E-state index is 0.0620. The van der Waals surface area contributed by atoms with Crippen LogP contribution >= 0.6 is 0 Å². The van der Waals surface area contributed by atoms with Gasteiger partial charge in [0.15, 0.2) is 0 Å². The molecule has 0 bridgehead atoms. The lowest BCUT2D eigenvalue weighted by atomic mass is 9.98. The summed E-state index contributed by atoms with van der Waals surface area (Å²) in [5.74, 6) is -3.11. The fraction of sp³-hybridized carbons (Fsp3) is 0.192. The van der Waals surface area contributed by atoms with E-state index in [0.29, 0.717) is 0 Å². The van der Waals surface area contributed by atoms with Gasteiger partial charge >= 0.3 is 12.1 Å². The first kappa shape index (κ1) is 23.9. The number of methoxy groups -OCH3 is 1. The van der Waals surface area contributed by atoms with Crippen molar-refractivity contribution in [3.05, 3.63) is 89.2 Å². The summed E-state index contributed by atoms with van der Waals surface area (Å²) in [4.78, 5) is 36.2. The molecular formula is C26H23FN2O6. The number of hydrogen-bond donors (Lipinski definition) is 3. The molecule has 0 radical (unpaired) electrons. The molecule has 1 atom stereocenters. The van der Waals surface area contributed by atoms with Crippen molar-refractivity contribution in [3.63, 3.8) is 0 Å². The summed E-state index contributed by atoms with van der Waals surface area (Å²) >= 11 is 0. The number of carbonyl (C=O) groups excluding carboxylic acids is 2. The minimum Gasteiger partial charge on any atom is -0.478 e. The molecule has 0 fully saturated rings. The molecule has 1 unspecified atom stereocenters. The van der Waals surface area contributed by atoms with E-state index in [4.69, 9.17) is 14.6 Å². The van der Waals surface area contributed by atoms with Crippen LogP contribution in [0.4, 0.5) is 14.9 Å². The Morgan fingerprint density at radius 1 is 1.00 bits per heavy atom. The van der Waals surface area contributed by atoms with E-state index in [-0.39, 0.29) is 30.4 Å². The first-order valence-corrected chi connectivity index (χ1v) is 10.8. The maximum Gasteiger partial charge on any atom is 0.407 e. The maximum atomic E-state index is 14.2. The summed E-state index contributed by atoms with van der Waals surface area (Å²) < 4.78 is 24.7. The number of fused-ring (bicyclic) bond motifs is 3. The first-order chi connectivity index (χ1) is 16.9. The molecular weight excluding hydrogens is 455 g/mol. The molecule has 0 heterocycles. The largest absolute Gasteiger partial charge is 0.478 e. The molecule has 3 aromatic rings. The van der Waals surface area contributed by atoms with Crippen LogP contribution in [0, 0.1) is 5.82 Å². The predicted octanol–water partition coefficient (Wildman–Crippen LogP) is 4.02. The molecule has 0 saturated carbocycles. The van der Waals surface area contributed by atoms with Gasteiger partial charge in [0.05, 0.1) is 17.9 Å². The Labute approximate surface area is 200 Å². The Morgan fingerprint density at radius 3 is 2.20 bits per heavy atom. The van der Waals surface area contributed by atoms with Crippen molar-refractivity contribution in [1.82, 2.24) is 5.32 Å². The number of alkyl carbamates (subject to hydrolysis) is 1.